The lowest BCUT2D eigenvalue weighted by Gasteiger charge is -2.40. The summed E-state index contributed by atoms with van der Waals surface area (Å²) in [5.74, 6) is 0.751. The van der Waals surface area contributed by atoms with Gasteiger partial charge in [-0.15, -0.1) is 0 Å². The highest BCUT2D eigenvalue weighted by Gasteiger charge is 2.62. The van der Waals surface area contributed by atoms with Crippen molar-refractivity contribution in [2.24, 2.45) is 0 Å². The molecule has 1 atom stereocenters. The number of methoxy groups -OCH3 is 2. The van der Waals surface area contributed by atoms with E-state index < -0.39 is 23.3 Å². The SMILES string of the molecule is COc1ccc(CN2C(=O)N[C@](C#N)(C(F)(F)F)c3cc(OC)ccc32)cc1. The molecule has 2 aromatic carbocycles. The number of hydrogen-bond acceptors (Lipinski definition) is 4. The van der Waals surface area contributed by atoms with Crippen molar-refractivity contribution in [3.8, 4) is 17.6 Å². The molecule has 1 N–H and O–H groups in total. The quantitative estimate of drug-likeness (QED) is 0.862. The van der Waals surface area contributed by atoms with Crippen LogP contribution >= 0.6 is 0 Å². The summed E-state index contributed by atoms with van der Waals surface area (Å²) in [5.41, 5.74) is -2.90. The van der Waals surface area contributed by atoms with Crippen molar-refractivity contribution in [2.75, 3.05) is 19.1 Å². The van der Waals surface area contributed by atoms with Crippen molar-refractivity contribution in [3.05, 3.63) is 53.6 Å². The molecule has 0 spiro atoms. The molecule has 28 heavy (non-hydrogen) atoms. The van der Waals surface area contributed by atoms with Gasteiger partial charge in [-0.3, -0.25) is 4.90 Å². The smallest absolute Gasteiger partial charge is 0.429 e. The lowest BCUT2D eigenvalue weighted by atomic mass is 9.86. The largest absolute Gasteiger partial charge is 0.497 e. The van der Waals surface area contributed by atoms with E-state index in [0.717, 1.165) is 11.0 Å². The average molecular weight is 391 g/mol. The fourth-order valence-electron chi connectivity index (χ4n) is 3.03. The third-order valence-corrected chi connectivity index (χ3v) is 4.53. The van der Waals surface area contributed by atoms with E-state index in [2.05, 4.69) is 0 Å². The molecule has 0 radical (unpaired) electrons. The highest BCUT2D eigenvalue weighted by atomic mass is 19.4. The summed E-state index contributed by atoms with van der Waals surface area (Å²) < 4.78 is 51.5. The highest BCUT2D eigenvalue weighted by molar-refractivity contribution is 5.97. The number of halogens is 3. The third-order valence-electron chi connectivity index (χ3n) is 4.53. The van der Waals surface area contributed by atoms with Crippen LogP contribution in [0.3, 0.4) is 0 Å². The number of ether oxygens (including phenoxy) is 2. The molecule has 2 aromatic rings. The Morgan fingerprint density at radius 2 is 1.71 bits per heavy atom. The molecule has 2 amide bonds. The predicted molar refractivity (Wildman–Crippen MR) is 94.0 cm³/mol. The summed E-state index contributed by atoms with van der Waals surface area (Å²) >= 11 is 0. The van der Waals surface area contributed by atoms with Crippen molar-refractivity contribution in [1.82, 2.24) is 5.32 Å². The molecule has 0 aliphatic carbocycles. The minimum Gasteiger partial charge on any atom is -0.497 e. The number of nitrogens with zero attached hydrogens (tertiary/aromatic N) is 2. The molecule has 6 nitrogen and oxygen atoms in total. The molecule has 0 unspecified atom stereocenters. The van der Waals surface area contributed by atoms with Crippen LogP contribution in [0, 0.1) is 11.3 Å². The van der Waals surface area contributed by atoms with Crippen LogP contribution in [0.1, 0.15) is 11.1 Å². The molecule has 0 fully saturated rings. The van der Waals surface area contributed by atoms with Crippen LogP contribution in [0.15, 0.2) is 42.5 Å². The Bertz CT molecular complexity index is 938. The van der Waals surface area contributed by atoms with Crippen LogP contribution in [0.25, 0.3) is 0 Å². The minimum atomic E-state index is -5.02. The average Bonchev–Trinajstić information content (AvgIpc) is 2.69. The molecular weight excluding hydrogens is 375 g/mol. The first-order chi connectivity index (χ1) is 13.3. The zero-order chi connectivity index (χ0) is 20.5. The lowest BCUT2D eigenvalue weighted by Crippen LogP contribution is -2.62. The van der Waals surface area contributed by atoms with Gasteiger partial charge in [-0.05, 0) is 35.9 Å². The van der Waals surface area contributed by atoms with E-state index in [-0.39, 0.29) is 18.0 Å². The van der Waals surface area contributed by atoms with E-state index in [0.29, 0.717) is 11.3 Å². The Labute approximate surface area is 159 Å². The van der Waals surface area contributed by atoms with Gasteiger partial charge in [0.1, 0.15) is 17.6 Å². The topological polar surface area (TPSA) is 74.6 Å². The number of benzene rings is 2. The van der Waals surface area contributed by atoms with Gasteiger partial charge in [0, 0.05) is 5.56 Å². The molecule has 146 valence electrons. The van der Waals surface area contributed by atoms with Gasteiger partial charge in [0.2, 0.25) is 0 Å². The van der Waals surface area contributed by atoms with E-state index in [1.807, 2.05) is 5.32 Å². The molecule has 0 aromatic heterocycles. The summed E-state index contributed by atoms with van der Waals surface area (Å²) in [7, 11) is 2.81. The number of carbonyl (C=O) groups is 1. The van der Waals surface area contributed by atoms with Crippen molar-refractivity contribution in [2.45, 2.75) is 18.3 Å². The number of rotatable bonds is 4. The van der Waals surface area contributed by atoms with Gasteiger partial charge in [0.15, 0.2) is 0 Å². The van der Waals surface area contributed by atoms with Gasteiger partial charge in [-0.2, -0.15) is 18.4 Å². The summed E-state index contributed by atoms with van der Waals surface area (Å²) in [5, 5.41) is 11.2. The van der Waals surface area contributed by atoms with Crippen molar-refractivity contribution in [1.29, 1.82) is 5.26 Å². The molecule has 0 saturated carbocycles. The van der Waals surface area contributed by atoms with Crippen LogP contribution in [0.5, 0.6) is 11.5 Å². The van der Waals surface area contributed by atoms with E-state index in [1.54, 1.807) is 24.3 Å². The van der Waals surface area contributed by atoms with Crippen molar-refractivity contribution >= 4 is 11.7 Å². The van der Waals surface area contributed by atoms with E-state index in [4.69, 9.17) is 9.47 Å². The maximum Gasteiger partial charge on any atom is 0.429 e. The van der Waals surface area contributed by atoms with Crippen LogP contribution in [-0.4, -0.2) is 26.4 Å². The molecule has 1 heterocycles. The third kappa shape index (κ3) is 3.07. The van der Waals surface area contributed by atoms with Gasteiger partial charge in [-0.1, -0.05) is 12.1 Å². The van der Waals surface area contributed by atoms with Gasteiger partial charge >= 0.3 is 12.2 Å². The van der Waals surface area contributed by atoms with Gasteiger partial charge in [-0.25, -0.2) is 4.79 Å². The maximum absolute atomic E-state index is 13.8. The van der Waals surface area contributed by atoms with Crippen LogP contribution in [0.2, 0.25) is 0 Å². The van der Waals surface area contributed by atoms with Gasteiger partial charge in [0.25, 0.3) is 5.54 Å². The van der Waals surface area contributed by atoms with Gasteiger partial charge < -0.3 is 14.8 Å². The number of amides is 2. The first kappa shape index (κ1) is 19.4. The zero-order valence-corrected chi connectivity index (χ0v) is 15.0. The molecule has 9 heteroatoms. The number of fused-ring (bicyclic) bond motifs is 1. The fourth-order valence-corrected chi connectivity index (χ4v) is 3.03. The van der Waals surface area contributed by atoms with Crippen LogP contribution in [-0.2, 0) is 12.1 Å². The van der Waals surface area contributed by atoms with Crippen LogP contribution < -0.4 is 19.7 Å². The van der Waals surface area contributed by atoms with Crippen molar-refractivity contribution in [3.63, 3.8) is 0 Å². The fraction of sp³-hybridized carbons (Fsp3) is 0.263. The minimum absolute atomic E-state index is 0.00845. The number of nitriles is 1. The number of hydrogen-bond donors (Lipinski definition) is 1. The number of alkyl halides is 3. The van der Waals surface area contributed by atoms with E-state index >= 15 is 0 Å². The Morgan fingerprint density at radius 1 is 1.11 bits per heavy atom. The summed E-state index contributed by atoms with van der Waals surface area (Å²) in [6.07, 6.45) is -5.02. The number of carbonyl (C=O) groups excluding carboxylic acids is 1. The number of urea groups is 1. The van der Waals surface area contributed by atoms with E-state index in [9.17, 15) is 23.2 Å². The van der Waals surface area contributed by atoms with Crippen LogP contribution in [0.4, 0.5) is 23.7 Å². The molecule has 0 saturated heterocycles. The Kier molecular flexibility index (Phi) is 4.81. The van der Waals surface area contributed by atoms with Crippen molar-refractivity contribution < 1.29 is 27.4 Å². The summed E-state index contributed by atoms with van der Waals surface area (Å²) in [6.45, 7) is 0.00845. The normalized spacial score (nSPS) is 18.7. The molecule has 3 rings (SSSR count). The predicted octanol–water partition coefficient (Wildman–Crippen LogP) is 3.71. The monoisotopic (exact) mass is 391 g/mol. The molecule has 1 aliphatic rings. The second-order valence-corrected chi connectivity index (χ2v) is 6.11. The number of nitrogens with one attached hydrogen (secondary N) is 1. The second kappa shape index (κ2) is 6.96. The molecular formula is C19H16F3N3O3. The zero-order valence-electron chi connectivity index (χ0n) is 15.0. The van der Waals surface area contributed by atoms with E-state index in [1.165, 1.54) is 32.4 Å². The molecule has 0 bridgehead atoms. The summed E-state index contributed by atoms with van der Waals surface area (Å²) in [6, 6.07) is 10.9. The Balaban J connectivity index is 2.11. The standard InChI is InChI=1S/C19H16F3N3O3/c1-27-13-5-3-12(4-6-13)10-25-16-8-7-14(28-2)9-15(16)18(11-23,19(20,21)22)24-17(25)26/h3-9H,10H2,1-2H3,(H,24,26)/t18-/m0/s1. The second-order valence-electron chi connectivity index (χ2n) is 6.11. The Hall–Kier alpha value is -3.41. The van der Waals surface area contributed by atoms with Gasteiger partial charge in [0.05, 0.1) is 26.5 Å². The first-order valence-electron chi connectivity index (χ1n) is 8.15. The lowest BCUT2D eigenvalue weighted by molar-refractivity contribution is -0.179. The Morgan fingerprint density at radius 3 is 2.25 bits per heavy atom. The number of anilines is 1. The summed E-state index contributed by atoms with van der Waals surface area (Å²) in [4.78, 5) is 13.7. The highest BCUT2D eigenvalue weighted by Crippen LogP contribution is 2.46. The maximum atomic E-state index is 13.8. The molecule has 1 aliphatic heterocycles. The first-order valence-corrected chi connectivity index (χ1v) is 8.15.